The van der Waals surface area contributed by atoms with Gasteiger partial charge < -0.3 is 25.3 Å². The minimum absolute atomic E-state index is 0.0969. The summed E-state index contributed by atoms with van der Waals surface area (Å²) in [5.74, 6) is 0.135. The van der Waals surface area contributed by atoms with Crippen LogP contribution in [0.5, 0.6) is 11.5 Å². The smallest absolute Gasteiger partial charge is 0.340 e. The SMILES string of the molecule is COC(=O)c1cc(OCCCNC(=O)Cc2cccc(Cl)c2)c(OC)cc1N. The number of ether oxygens (including phenoxy) is 3. The molecule has 28 heavy (non-hydrogen) atoms. The Morgan fingerprint density at radius 2 is 1.93 bits per heavy atom. The van der Waals surface area contributed by atoms with Crippen LogP contribution in [0.2, 0.25) is 5.02 Å². The van der Waals surface area contributed by atoms with Crippen LogP contribution in [-0.2, 0) is 16.0 Å². The third-order valence-corrected chi connectivity index (χ3v) is 4.13. The lowest BCUT2D eigenvalue weighted by Crippen LogP contribution is -2.27. The quantitative estimate of drug-likeness (QED) is 0.377. The van der Waals surface area contributed by atoms with Crippen molar-refractivity contribution in [2.45, 2.75) is 12.8 Å². The molecule has 0 aliphatic rings. The van der Waals surface area contributed by atoms with E-state index in [1.807, 2.05) is 6.07 Å². The maximum atomic E-state index is 12.0. The van der Waals surface area contributed by atoms with Crippen LogP contribution in [0.25, 0.3) is 0 Å². The van der Waals surface area contributed by atoms with E-state index in [4.69, 9.17) is 31.5 Å². The largest absolute Gasteiger partial charge is 0.493 e. The number of benzene rings is 2. The molecule has 1 amide bonds. The zero-order valence-electron chi connectivity index (χ0n) is 15.8. The second kappa shape index (κ2) is 10.4. The van der Waals surface area contributed by atoms with Crippen LogP contribution in [-0.4, -0.2) is 39.2 Å². The predicted octanol–water partition coefficient (Wildman–Crippen LogP) is 2.85. The van der Waals surface area contributed by atoms with Gasteiger partial charge in [0.25, 0.3) is 0 Å². The second-order valence-corrected chi connectivity index (χ2v) is 6.38. The molecule has 0 saturated heterocycles. The predicted molar refractivity (Wildman–Crippen MR) is 107 cm³/mol. The van der Waals surface area contributed by atoms with E-state index in [1.54, 1.807) is 18.2 Å². The van der Waals surface area contributed by atoms with Gasteiger partial charge in [-0.3, -0.25) is 4.79 Å². The summed E-state index contributed by atoms with van der Waals surface area (Å²) in [6.07, 6.45) is 0.831. The Morgan fingerprint density at radius 1 is 1.14 bits per heavy atom. The summed E-state index contributed by atoms with van der Waals surface area (Å²) in [5.41, 5.74) is 7.12. The number of carbonyl (C=O) groups excluding carboxylic acids is 2. The third kappa shape index (κ3) is 6.06. The molecule has 0 unspecified atom stereocenters. The normalized spacial score (nSPS) is 10.2. The summed E-state index contributed by atoms with van der Waals surface area (Å²) in [5, 5.41) is 3.43. The van der Waals surface area contributed by atoms with Crippen molar-refractivity contribution in [2.24, 2.45) is 0 Å². The second-order valence-electron chi connectivity index (χ2n) is 5.94. The molecule has 0 heterocycles. The average Bonchev–Trinajstić information content (AvgIpc) is 2.67. The van der Waals surface area contributed by atoms with Gasteiger partial charge in [0, 0.05) is 23.7 Å². The van der Waals surface area contributed by atoms with Crippen molar-refractivity contribution in [2.75, 3.05) is 33.1 Å². The van der Waals surface area contributed by atoms with Gasteiger partial charge in [-0.15, -0.1) is 0 Å². The highest BCUT2D eigenvalue weighted by molar-refractivity contribution is 6.30. The molecule has 8 heteroatoms. The number of nitrogens with two attached hydrogens (primary N) is 1. The lowest BCUT2D eigenvalue weighted by Gasteiger charge is -2.14. The Balaban J connectivity index is 1.82. The molecule has 0 saturated carbocycles. The molecule has 3 N–H and O–H groups in total. The molecule has 150 valence electrons. The molecule has 0 aliphatic carbocycles. The molecule has 7 nitrogen and oxygen atoms in total. The number of rotatable bonds is 9. The Labute approximate surface area is 168 Å². The fourth-order valence-electron chi connectivity index (χ4n) is 2.51. The highest BCUT2D eigenvalue weighted by Crippen LogP contribution is 2.32. The highest BCUT2D eigenvalue weighted by Gasteiger charge is 2.16. The van der Waals surface area contributed by atoms with Crippen molar-refractivity contribution in [1.82, 2.24) is 5.32 Å². The van der Waals surface area contributed by atoms with Crippen LogP contribution in [0, 0.1) is 0 Å². The van der Waals surface area contributed by atoms with E-state index in [0.717, 1.165) is 5.56 Å². The number of nitrogen functional groups attached to an aromatic ring is 1. The fourth-order valence-corrected chi connectivity index (χ4v) is 2.72. The number of amides is 1. The summed E-state index contributed by atoms with van der Waals surface area (Å²) in [7, 11) is 2.76. The maximum absolute atomic E-state index is 12.0. The lowest BCUT2D eigenvalue weighted by atomic mass is 10.1. The first-order valence-corrected chi connectivity index (χ1v) is 9.02. The molecule has 0 aromatic heterocycles. The van der Waals surface area contributed by atoms with Crippen molar-refractivity contribution in [1.29, 1.82) is 0 Å². The van der Waals surface area contributed by atoms with Crippen LogP contribution in [0.1, 0.15) is 22.3 Å². The lowest BCUT2D eigenvalue weighted by molar-refractivity contribution is -0.120. The first-order valence-electron chi connectivity index (χ1n) is 8.64. The number of carbonyl (C=O) groups is 2. The molecular formula is C20H23ClN2O5. The highest BCUT2D eigenvalue weighted by atomic mass is 35.5. The molecular weight excluding hydrogens is 384 g/mol. The van der Waals surface area contributed by atoms with E-state index < -0.39 is 5.97 Å². The van der Waals surface area contributed by atoms with Gasteiger partial charge in [-0.05, 0) is 24.1 Å². The number of hydrogen-bond donors (Lipinski definition) is 2. The molecule has 0 fully saturated rings. The van der Waals surface area contributed by atoms with Crippen LogP contribution in [0.4, 0.5) is 5.69 Å². The van der Waals surface area contributed by atoms with Gasteiger partial charge in [0.15, 0.2) is 11.5 Å². The van der Waals surface area contributed by atoms with Gasteiger partial charge in [0.2, 0.25) is 5.91 Å². The van der Waals surface area contributed by atoms with Gasteiger partial charge in [0.05, 0.1) is 38.5 Å². The minimum Gasteiger partial charge on any atom is -0.493 e. The standard InChI is InChI=1S/C20H23ClN2O5/c1-26-17-12-16(22)15(20(25)27-2)11-18(17)28-8-4-7-23-19(24)10-13-5-3-6-14(21)9-13/h3,5-6,9,11-12H,4,7-8,10,22H2,1-2H3,(H,23,24). The van der Waals surface area contributed by atoms with Gasteiger partial charge in [-0.2, -0.15) is 0 Å². The maximum Gasteiger partial charge on any atom is 0.340 e. The molecule has 0 spiro atoms. The average molecular weight is 407 g/mol. The molecule has 2 aromatic carbocycles. The van der Waals surface area contributed by atoms with Crippen molar-refractivity contribution in [3.8, 4) is 11.5 Å². The van der Waals surface area contributed by atoms with Crippen molar-refractivity contribution >= 4 is 29.2 Å². The summed E-state index contributed by atoms with van der Waals surface area (Å²) >= 11 is 5.91. The van der Waals surface area contributed by atoms with E-state index in [0.29, 0.717) is 36.1 Å². The zero-order chi connectivity index (χ0) is 20.5. The Hall–Kier alpha value is -2.93. The van der Waals surface area contributed by atoms with Gasteiger partial charge >= 0.3 is 5.97 Å². The zero-order valence-corrected chi connectivity index (χ0v) is 16.5. The number of anilines is 1. The summed E-state index contributed by atoms with van der Waals surface area (Å²) < 4.78 is 15.6. The minimum atomic E-state index is -0.557. The van der Waals surface area contributed by atoms with E-state index in [9.17, 15) is 9.59 Å². The summed E-state index contributed by atoms with van der Waals surface area (Å²) in [6.45, 7) is 0.763. The van der Waals surface area contributed by atoms with Crippen LogP contribution >= 0.6 is 11.6 Å². The van der Waals surface area contributed by atoms with Gasteiger partial charge in [0.1, 0.15) is 0 Å². The monoisotopic (exact) mass is 406 g/mol. The first kappa shape index (κ1) is 21.4. The number of hydrogen-bond acceptors (Lipinski definition) is 6. The van der Waals surface area contributed by atoms with Gasteiger partial charge in [-0.1, -0.05) is 23.7 Å². The Morgan fingerprint density at radius 3 is 2.61 bits per heavy atom. The van der Waals surface area contributed by atoms with E-state index in [1.165, 1.54) is 26.4 Å². The van der Waals surface area contributed by atoms with Crippen molar-refractivity contribution < 1.29 is 23.8 Å². The number of halogens is 1. The van der Waals surface area contributed by atoms with Crippen LogP contribution < -0.4 is 20.5 Å². The van der Waals surface area contributed by atoms with Crippen molar-refractivity contribution in [3.63, 3.8) is 0 Å². The Kier molecular flexibility index (Phi) is 7.95. The number of nitrogens with one attached hydrogen (secondary N) is 1. The summed E-state index contributed by atoms with van der Waals surface area (Å²) in [4.78, 5) is 23.7. The van der Waals surface area contributed by atoms with E-state index >= 15 is 0 Å². The van der Waals surface area contributed by atoms with E-state index in [2.05, 4.69) is 5.32 Å². The molecule has 2 rings (SSSR count). The fraction of sp³-hybridized carbons (Fsp3) is 0.300. The molecule has 0 aliphatic heterocycles. The van der Waals surface area contributed by atoms with E-state index in [-0.39, 0.29) is 23.6 Å². The Bertz CT molecular complexity index is 841. The molecule has 2 aromatic rings. The van der Waals surface area contributed by atoms with Gasteiger partial charge in [-0.25, -0.2) is 4.79 Å². The van der Waals surface area contributed by atoms with Crippen LogP contribution in [0.15, 0.2) is 36.4 Å². The topological polar surface area (TPSA) is 99.9 Å². The first-order chi connectivity index (χ1) is 13.4. The molecule has 0 atom stereocenters. The number of methoxy groups -OCH3 is 2. The van der Waals surface area contributed by atoms with Crippen molar-refractivity contribution in [3.05, 3.63) is 52.5 Å². The number of esters is 1. The third-order valence-electron chi connectivity index (χ3n) is 3.90. The summed E-state index contributed by atoms with van der Waals surface area (Å²) in [6, 6.07) is 10.2. The van der Waals surface area contributed by atoms with Crippen LogP contribution in [0.3, 0.4) is 0 Å². The molecule has 0 radical (unpaired) electrons. The molecule has 0 bridgehead atoms.